The molecular weight excluding hydrogens is 364 g/mol. The number of hydrogen-bond donors (Lipinski definition) is 2. The van der Waals surface area contributed by atoms with Gasteiger partial charge < -0.3 is 15.1 Å². The first-order valence-electron chi connectivity index (χ1n) is 10.6. The molecule has 29 heavy (non-hydrogen) atoms. The minimum atomic E-state index is -0.445. The number of nitrogens with zero attached hydrogens (tertiary/aromatic N) is 2. The van der Waals surface area contributed by atoms with Crippen LogP contribution in [-0.4, -0.2) is 57.7 Å². The van der Waals surface area contributed by atoms with Gasteiger partial charge in [-0.1, -0.05) is 42.5 Å². The molecule has 2 aromatic carbocycles. The number of fused-ring (bicyclic) bond motifs is 2. The second kappa shape index (κ2) is 8.97. The van der Waals surface area contributed by atoms with Crippen LogP contribution in [-0.2, 0) is 11.3 Å². The number of rotatable bonds is 7. The summed E-state index contributed by atoms with van der Waals surface area (Å²) in [4.78, 5) is 16.6. The molecule has 0 radical (unpaired) electrons. The Balaban J connectivity index is 1.38. The van der Waals surface area contributed by atoms with Gasteiger partial charge >= 0.3 is 0 Å². The summed E-state index contributed by atoms with van der Waals surface area (Å²) in [5.74, 6) is 0.627. The van der Waals surface area contributed by atoms with Gasteiger partial charge in [-0.05, 0) is 54.9 Å². The van der Waals surface area contributed by atoms with E-state index < -0.39 is 6.61 Å². The molecule has 154 valence electrons. The van der Waals surface area contributed by atoms with Gasteiger partial charge in [-0.3, -0.25) is 9.69 Å². The maximum absolute atomic E-state index is 12.3. The van der Waals surface area contributed by atoms with Crippen LogP contribution in [0.25, 0.3) is 0 Å². The van der Waals surface area contributed by atoms with Crippen LogP contribution in [0.2, 0.25) is 0 Å². The fourth-order valence-corrected chi connectivity index (χ4v) is 5.12. The normalized spacial score (nSPS) is 23.8. The Morgan fingerprint density at radius 3 is 2.41 bits per heavy atom. The third-order valence-electron chi connectivity index (χ3n) is 6.56. The zero-order chi connectivity index (χ0) is 20.2. The summed E-state index contributed by atoms with van der Waals surface area (Å²) >= 11 is 0. The van der Waals surface area contributed by atoms with Crippen molar-refractivity contribution < 1.29 is 15.0 Å². The minimum absolute atomic E-state index is 0.212. The quantitative estimate of drug-likeness (QED) is 0.757. The number of carbonyl (C=O) groups is 1. The van der Waals surface area contributed by atoms with E-state index in [0.29, 0.717) is 36.8 Å². The Morgan fingerprint density at radius 2 is 1.76 bits per heavy atom. The van der Waals surface area contributed by atoms with E-state index in [1.54, 1.807) is 11.0 Å². The molecule has 2 fully saturated rings. The first-order chi connectivity index (χ1) is 14.1. The highest BCUT2D eigenvalue weighted by Crippen LogP contribution is 2.43. The molecule has 2 heterocycles. The summed E-state index contributed by atoms with van der Waals surface area (Å²) in [5, 5.41) is 19.2. The largest absolute Gasteiger partial charge is 0.508 e. The number of aromatic hydroxyl groups is 1. The maximum Gasteiger partial charge on any atom is 0.248 e. The molecule has 0 unspecified atom stereocenters. The van der Waals surface area contributed by atoms with Gasteiger partial charge in [-0.15, -0.1) is 0 Å². The molecule has 2 aliphatic rings. The minimum Gasteiger partial charge on any atom is -0.508 e. The maximum atomic E-state index is 12.3. The van der Waals surface area contributed by atoms with Gasteiger partial charge in [0.2, 0.25) is 5.91 Å². The Bertz CT molecular complexity index is 812. The lowest BCUT2D eigenvalue weighted by molar-refractivity contribution is -0.135. The molecule has 0 aliphatic carbocycles. The van der Waals surface area contributed by atoms with Gasteiger partial charge in [0.25, 0.3) is 0 Å². The van der Waals surface area contributed by atoms with E-state index in [1.165, 1.54) is 18.4 Å². The Labute approximate surface area is 172 Å². The van der Waals surface area contributed by atoms with Crippen molar-refractivity contribution in [2.45, 2.75) is 50.2 Å². The molecule has 2 N–H and O–H groups in total. The number of aliphatic hydroxyl groups is 1. The SMILES string of the molecule is O=C(CO)N(CCN1[C@@H]2CC[C@H]1C[C@H](c1cccc(O)c1)C2)Cc1ccccc1. The van der Waals surface area contributed by atoms with Crippen molar-refractivity contribution in [3.63, 3.8) is 0 Å². The van der Waals surface area contributed by atoms with Gasteiger partial charge in [0.05, 0.1) is 0 Å². The molecule has 5 nitrogen and oxygen atoms in total. The number of amides is 1. The van der Waals surface area contributed by atoms with Crippen molar-refractivity contribution >= 4 is 5.91 Å². The highest BCUT2D eigenvalue weighted by molar-refractivity contribution is 5.77. The van der Waals surface area contributed by atoms with E-state index in [2.05, 4.69) is 11.0 Å². The summed E-state index contributed by atoms with van der Waals surface area (Å²) in [7, 11) is 0. The predicted octanol–water partition coefficient (Wildman–Crippen LogP) is 3.12. The summed E-state index contributed by atoms with van der Waals surface area (Å²) in [6.45, 7) is 1.58. The van der Waals surface area contributed by atoms with Crippen molar-refractivity contribution in [1.82, 2.24) is 9.80 Å². The van der Waals surface area contributed by atoms with Crippen molar-refractivity contribution in [2.75, 3.05) is 19.7 Å². The number of carbonyl (C=O) groups excluding carboxylic acids is 1. The smallest absolute Gasteiger partial charge is 0.248 e. The number of aliphatic hydroxyl groups excluding tert-OH is 1. The fraction of sp³-hybridized carbons (Fsp3) is 0.458. The molecule has 0 saturated carbocycles. The van der Waals surface area contributed by atoms with Crippen LogP contribution in [0.15, 0.2) is 54.6 Å². The highest BCUT2D eigenvalue weighted by Gasteiger charge is 2.41. The van der Waals surface area contributed by atoms with Gasteiger partial charge in [0.1, 0.15) is 12.4 Å². The van der Waals surface area contributed by atoms with Crippen molar-refractivity contribution in [3.8, 4) is 5.75 Å². The molecule has 2 saturated heterocycles. The van der Waals surface area contributed by atoms with Gasteiger partial charge in [-0.25, -0.2) is 0 Å². The Kier molecular flexibility index (Phi) is 6.16. The zero-order valence-electron chi connectivity index (χ0n) is 16.8. The van der Waals surface area contributed by atoms with E-state index in [-0.39, 0.29) is 5.91 Å². The molecular formula is C24H30N2O3. The van der Waals surface area contributed by atoms with Crippen LogP contribution < -0.4 is 0 Å². The topological polar surface area (TPSA) is 64.0 Å². The molecule has 0 spiro atoms. The Hall–Kier alpha value is -2.37. The van der Waals surface area contributed by atoms with Crippen molar-refractivity contribution in [2.24, 2.45) is 0 Å². The second-order valence-corrected chi connectivity index (χ2v) is 8.35. The van der Waals surface area contributed by atoms with E-state index in [4.69, 9.17) is 0 Å². The van der Waals surface area contributed by atoms with Gasteiger partial charge in [0, 0.05) is 31.7 Å². The molecule has 5 heteroatoms. The molecule has 2 aliphatic heterocycles. The molecule has 3 atom stereocenters. The van der Waals surface area contributed by atoms with Crippen LogP contribution in [0.5, 0.6) is 5.75 Å². The summed E-state index contributed by atoms with van der Waals surface area (Å²) in [6.07, 6.45) is 4.61. The number of hydrogen-bond acceptors (Lipinski definition) is 4. The van der Waals surface area contributed by atoms with Crippen LogP contribution in [0.3, 0.4) is 0 Å². The average molecular weight is 395 g/mol. The van der Waals surface area contributed by atoms with Gasteiger partial charge in [0.15, 0.2) is 0 Å². The molecule has 1 amide bonds. The number of benzene rings is 2. The monoisotopic (exact) mass is 394 g/mol. The summed E-state index contributed by atoms with van der Waals surface area (Å²) in [5.41, 5.74) is 2.32. The van der Waals surface area contributed by atoms with Crippen LogP contribution >= 0.6 is 0 Å². The zero-order valence-corrected chi connectivity index (χ0v) is 16.8. The lowest BCUT2D eigenvalue weighted by Crippen LogP contribution is -2.47. The van der Waals surface area contributed by atoms with E-state index in [9.17, 15) is 15.0 Å². The number of phenolic OH excluding ortho intramolecular Hbond substituents is 1. The summed E-state index contributed by atoms with van der Waals surface area (Å²) < 4.78 is 0. The van der Waals surface area contributed by atoms with Crippen LogP contribution in [0.1, 0.15) is 42.7 Å². The second-order valence-electron chi connectivity index (χ2n) is 8.35. The lowest BCUT2D eigenvalue weighted by Gasteiger charge is -2.40. The van der Waals surface area contributed by atoms with Crippen LogP contribution in [0, 0.1) is 0 Å². The van der Waals surface area contributed by atoms with E-state index >= 15 is 0 Å². The lowest BCUT2D eigenvalue weighted by atomic mass is 9.85. The number of piperidine rings is 1. The predicted molar refractivity (Wildman–Crippen MR) is 113 cm³/mol. The van der Waals surface area contributed by atoms with Crippen LogP contribution in [0.4, 0.5) is 0 Å². The first kappa shape index (κ1) is 19.9. The molecule has 0 aromatic heterocycles. The fourth-order valence-electron chi connectivity index (χ4n) is 5.12. The average Bonchev–Trinajstić information content (AvgIpc) is 2.98. The Morgan fingerprint density at radius 1 is 1.03 bits per heavy atom. The third-order valence-corrected chi connectivity index (χ3v) is 6.56. The van der Waals surface area contributed by atoms with Crippen molar-refractivity contribution in [1.29, 1.82) is 0 Å². The molecule has 2 aromatic rings. The van der Waals surface area contributed by atoms with Crippen molar-refractivity contribution in [3.05, 3.63) is 65.7 Å². The summed E-state index contributed by atoms with van der Waals surface area (Å²) in [6, 6.07) is 18.7. The molecule has 2 bridgehead atoms. The van der Waals surface area contributed by atoms with Gasteiger partial charge in [-0.2, -0.15) is 0 Å². The third kappa shape index (κ3) is 4.62. The number of phenols is 1. The standard InChI is InChI=1S/C24H30N2O3/c27-17-24(29)25(16-18-5-2-1-3-6-18)11-12-26-21-9-10-22(26)14-20(13-21)19-7-4-8-23(28)15-19/h1-8,15,20-22,27-28H,9-14,16-17H2/t20-,21-,22+. The molecule has 4 rings (SSSR count). The first-order valence-corrected chi connectivity index (χ1v) is 10.6. The van der Waals surface area contributed by atoms with E-state index in [1.807, 2.05) is 42.5 Å². The highest BCUT2D eigenvalue weighted by atomic mass is 16.3. The van der Waals surface area contributed by atoms with E-state index in [0.717, 1.165) is 24.9 Å².